The first-order valence-electron chi connectivity index (χ1n) is 7.44. The summed E-state index contributed by atoms with van der Waals surface area (Å²) in [5.74, 6) is -0.636. The molecule has 0 aliphatic heterocycles. The lowest BCUT2D eigenvalue weighted by Gasteiger charge is -2.32. The number of aromatic nitrogens is 1. The maximum atomic E-state index is 12.0. The Morgan fingerprint density at radius 3 is 2.57 bits per heavy atom. The van der Waals surface area contributed by atoms with E-state index >= 15 is 0 Å². The van der Waals surface area contributed by atoms with E-state index in [1.165, 1.54) is 12.1 Å². The number of halogens is 3. The van der Waals surface area contributed by atoms with Crippen LogP contribution in [-0.2, 0) is 0 Å². The van der Waals surface area contributed by atoms with Gasteiger partial charge in [-0.05, 0) is 18.9 Å². The summed E-state index contributed by atoms with van der Waals surface area (Å²) in [7, 11) is 0. The van der Waals surface area contributed by atoms with Gasteiger partial charge in [0.15, 0.2) is 6.61 Å². The molecule has 1 aliphatic rings. The highest BCUT2D eigenvalue weighted by molar-refractivity contribution is 5.93. The molecule has 1 amide bonds. The maximum Gasteiger partial charge on any atom is 0.422 e. The number of nitrogens with one attached hydrogen (secondary N) is 1. The van der Waals surface area contributed by atoms with E-state index in [4.69, 9.17) is 0 Å². The van der Waals surface area contributed by atoms with Crippen molar-refractivity contribution < 1.29 is 27.8 Å². The van der Waals surface area contributed by atoms with Gasteiger partial charge in [-0.3, -0.25) is 4.79 Å². The second-order valence-corrected chi connectivity index (χ2v) is 5.76. The van der Waals surface area contributed by atoms with Gasteiger partial charge in [0.25, 0.3) is 5.91 Å². The molecule has 0 unspecified atom stereocenters. The van der Waals surface area contributed by atoms with Gasteiger partial charge in [-0.2, -0.15) is 13.2 Å². The second kappa shape index (κ2) is 7.16. The molecular formula is C15H19F3N2O3. The van der Waals surface area contributed by atoms with Crippen molar-refractivity contribution in [2.24, 2.45) is 0 Å². The molecule has 2 N–H and O–H groups in total. The van der Waals surface area contributed by atoms with Gasteiger partial charge >= 0.3 is 6.18 Å². The van der Waals surface area contributed by atoms with Crippen LogP contribution in [0.5, 0.6) is 5.88 Å². The third-order valence-corrected chi connectivity index (χ3v) is 3.74. The number of amides is 1. The van der Waals surface area contributed by atoms with Crippen molar-refractivity contribution in [3.8, 4) is 5.88 Å². The predicted octanol–water partition coefficient (Wildman–Crippen LogP) is 2.45. The molecule has 128 valence electrons. The van der Waals surface area contributed by atoms with Gasteiger partial charge in [0.05, 0.1) is 11.2 Å². The minimum absolute atomic E-state index is 0.151. The standard InChI is InChI=1S/C15H19F3N2O3/c16-15(17,18)10-23-12-5-4-11(8-19-12)13(21)20-9-14(22)6-2-1-3-7-14/h4-5,8,22H,1-3,6-7,9-10H2,(H,20,21). The van der Waals surface area contributed by atoms with E-state index in [1.54, 1.807) is 0 Å². The zero-order valence-electron chi connectivity index (χ0n) is 12.5. The van der Waals surface area contributed by atoms with Crippen molar-refractivity contribution in [2.45, 2.75) is 43.9 Å². The zero-order chi connectivity index (χ0) is 16.9. The summed E-state index contributed by atoms with van der Waals surface area (Å²) in [6, 6.07) is 2.54. The minimum atomic E-state index is -4.44. The molecule has 1 aliphatic carbocycles. The van der Waals surface area contributed by atoms with E-state index in [-0.39, 0.29) is 18.0 Å². The average molecular weight is 332 g/mol. The number of alkyl halides is 3. The lowest BCUT2D eigenvalue weighted by atomic mass is 9.85. The van der Waals surface area contributed by atoms with Crippen molar-refractivity contribution in [1.29, 1.82) is 0 Å². The Labute approximate surface area is 131 Å². The van der Waals surface area contributed by atoms with Crippen LogP contribution in [-0.4, -0.2) is 40.9 Å². The van der Waals surface area contributed by atoms with Crippen molar-refractivity contribution in [3.05, 3.63) is 23.9 Å². The van der Waals surface area contributed by atoms with Crippen LogP contribution in [0.2, 0.25) is 0 Å². The lowest BCUT2D eigenvalue weighted by Crippen LogP contribution is -2.44. The summed E-state index contributed by atoms with van der Waals surface area (Å²) in [5, 5.41) is 12.9. The number of rotatable bonds is 5. The SMILES string of the molecule is O=C(NCC1(O)CCCCC1)c1ccc(OCC(F)(F)F)nc1. The Bertz CT molecular complexity index is 526. The van der Waals surface area contributed by atoms with Crippen LogP contribution in [0.4, 0.5) is 13.2 Å². The Morgan fingerprint density at radius 1 is 1.30 bits per heavy atom. The summed E-state index contributed by atoms with van der Waals surface area (Å²) in [5.41, 5.74) is -0.680. The first-order chi connectivity index (χ1) is 10.8. The monoisotopic (exact) mass is 332 g/mol. The van der Waals surface area contributed by atoms with Gasteiger partial charge in [0.2, 0.25) is 5.88 Å². The van der Waals surface area contributed by atoms with Gasteiger partial charge in [-0.1, -0.05) is 19.3 Å². The molecule has 0 bridgehead atoms. The number of carbonyl (C=O) groups is 1. The first kappa shape index (κ1) is 17.5. The fourth-order valence-electron chi connectivity index (χ4n) is 2.49. The Balaban J connectivity index is 1.85. The number of nitrogens with zero attached hydrogens (tertiary/aromatic N) is 1. The van der Waals surface area contributed by atoms with Gasteiger partial charge in [-0.15, -0.1) is 0 Å². The topological polar surface area (TPSA) is 71.5 Å². The van der Waals surface area contributed by atoms with Crippen LogP contribution < -0.4 is 10.1 Å². The van der Waals surface area contributed by atoms with E-state index in [2.05, 4.69) is 15.0 Å². The van der Waals surface area contributed by atoms with Crippen LogP contribution in [0.1, 0.15) is 42.5 Å². The van der Waals surface area contributed by atoms with Crippen molar-refractivity contribution in [1.82, 2.24) is 10.3 Å². The molecule has 0 aromatic carbocycles. The second-order valence-electron chi connectivity index (χ2n) is 5.76. The molecule has 2 rings (SSSR count). The number of hydrogen-bond acceptors (Lipinski definition) is 4. The van der Waals surface area contributed by atoms with Gasteiger partial charge < -0.3 is 15.2 Å². The lowest BCUT2D eigenvalue weighted by molar-refractivity contribution is -0.154. The number of hydrogen-bond donors (Lipinski definition) is 2. The molecule has 5 nitrogen and oxygen atoms in total. The highest BCUT2D eigenvalue weighted by Crippen LogP contribution is 2.27. The highest BCUT2D eigenvalue weighted by Gasteiger charge is 2.30. The summed E-state index contributed by atoms with van der Waals surface area (Å²) in [4.78, 5) is 15.6. The predicted molar refractivity (Wildman–Crippen MR) is 76.2 cm³/mol. The van der Waals surface area contributed by atoms with Gasteiger partial charge in [0.1, 0.15) is 0 Å². The average Bonchev–Trinajstić information content (AvgIpc) is 2.51. The number of aliphatic hydroxyl groups is 1. The maximum absolute atomic E-state index is 12.0. The number of ether oxygens (including phenoxy) is 1. The van der Waals surface area contributed by atoms with Crippen LogP contribution in [0, 0.1) is 0 Å². The molecule has 1 heterocycles. The molecule has 0 radical (unpaired) electrons. The molecule has 1 saturated carbocycles. The third kappa shape index (κ3) is 5.70. The summed E-state index contributed by atoms with van der Waals surface area (Å²) in [6.07, 6.45) is 0.947. The van der Waals surface area contributed by atoms with E-state index in [0.717, 1.165) is 25.5 Å². The van der Waals surface area contributed by atoms with Gasteiger partial charge in [0, 0.05) is 18.8 Å². The smallest absolute Gasteiger partial charge is 0.422 e. The fraction of sp³-hybridized carbons (Fsp3) is 0.600. The van der Waals surface area contributed by atoms with Crippen molar-refractivity contribution in [2.75, 3.05) is 13.2 Å². The van der Waals surface area contributed by atoms with E-state index < -0.39 is 24.3 Å². The molecule has 1 aromatic heterocycles. The van der Waals surface area contributed by atoms with Crippen LogP contribution in [0.15, 0.2) is 18.3 Å². The number of carbonyl (C=O) groups excluding carboxylic acids is 1. The van der Waals surface area contributed by atoms with Crippen LogP contribution >= 0.6 is 0 Å². The Morgan fingerprint density at radius 2 is 2.00 bits per heavy atom. The van der Waals surface area contributed by atoms with Crippen LogP contribution in [0.3, 0.4) is 0 Å². The summed E-state index contributed by atoms with van der Waals surface area (Å²) in [6.45, 7) is -1.28. The Kier molecular flexibility index (Phi) is 5.46. The molecule has 1 aromatic rings. The molecule has 23 heavy (non-hydrogen) atoms. The fourth-order valence-corrected chi connectivity index (χ4v) is 2.49. The van der Waals surface area contributed by atoms with E-state index in [1.807, 2.05) is 0 Å². The quantitative estimate of drug-likeness (QED) is 0.869. The van der Waals surface area contributed by atoms with E-state index in [0.29, 0.717) is 12.8 Å². The minimum Gasteiger partial charge on any atom is -0.468 e. The normalized spacial score (nSPS) is 17.6. The Hall–Kier alpha value is -1.83. The molecule has 0 atom stereocenters. The molecule has 0 spiro atoms. The largest absolute Gasteiger partial charge is 0.468 e. The summed E-state index contributed by atoms with van der Waals surface area (Å²) >= 11 is 0. The number of pyridine rings is 1. The summed E-state index contributed by atoms with van der Waals surface area (Å²) < 4.78 is 40.5. The van der Waals surface area contributed by atoms with Crippen molar-refractivity contribution in [3.63, 3.8) is 0 Å². The van der Waals surface area contributed by atoms with Crippen molar-refractivity contribution >= 4 is 5.91 Å². The highest BCUT2D eigenvalue weighted by atomic mass is 19.4. The van der Waals surface area contributed by atoms with Gasteiger partial charge in [-0.25, -0.2) is 4.98 Å². The molecular weight excluding hydrogens is 313 g/mol. The van der Waals surface area contributed by atoms with Crippen LogP contribution in [0.25, 0.3) is 0 Å². The first-order valence-corrected chi connectivity index (χ1v) is 7.44. The third-order valence-electron chi connectivity index (χ3n) is 3.74. The molecule has 1 fully saturated rings. The van der Waals surface area contributed by atoms with E-state index in [9.17, 15) is 23.1 Å². The molecule has 0 saturated heterocycles. The zero-order valence-corrected chi connectivity index (χ0v) is 12.5. The molecule has 8 heteroatoms.